The fourth-order valence-electron chi connectivity index (χ4n) is 1.36. The van der Waals surface area contributed by atoms with Crippen LogP contribution in [0.1, 0.15) is 41.6 Å². The van der Waals surface area contributed by atoms with Gasteiger partial charge in [-0.25, -0.2) is 18.2 Å². The number of rotatable bonds is 5. The highest BCUT2D eigenvalue weighted by Crippen LogP contribution is 2.15. The minimum atomic E-state index is -3.30. The molecule has 1 amide bonds. The second kappa shape index (κ2) is 6.21. The van der Waals surface area contributed by atoms with Crippen molar-refractivity contribution in [1.82, 2.24) is 10.3 Å². The highest BCUT2D eigenvalue weighted by atomic mass is 32.2. The minimum Gasteiger partial charge on any atom is -0.477 e. The number of sulfone groups is 1. The van der Waals surface area contributed by atoms with Crippen LogP contribution >= 0.6 is 0 Å². The van der Waals surface area contributed by atoms with Gasteiger partial charge in [-0.2, -0.15) is 0 Å². The first-order chi connectivity index (χ1) is 9.54. The summed E-state index contributed by atoms with van der Waals surface area (Å²) in [5, 5.41) is 11.2. The standard InChI is InChI=1S/C13H18N2O5S/c1-13(2,3)21(19,20)7-6-14-11(16)9-4-5-10(12(17)18)15-8-9/h4-5,8H,6-7H2,1-3H3,(H,14,16)(H,17,18). The first-order valence-electron chi connectivity index (χ1n) is 6.24. The number of amides is 1. The largest absolute Gasteiger partial charge is 0.477 e. The molecular formula is C13H18N2O5S. The maximum atomic E-state index is 11.9. The van der Waals surface area contributed by atoms with Crippen molar-refractivity contribution in [2.75, 3.05) is 12.3 Å². The van der Waals surface area contributed by atoms with Crippen molar-refractivity contribution in [2.45, 2.75) is 25.5 Å². The number of carboxylic acid groups (broad SMARTS) is 1. The summed E-state index contributed by atoms with van der Waals surface area (Å²) >= 11 is 0. The van der Waals surface area contributed by atoms with Gasteiger partial charge in [0.15, 0.2) is 9.84 Å². The van der Waals surface area contributed by atoms with Crippen LogP contribution in [0.2, 0.25) is 0 Å². The number of hydrogen-bond donors (Lipinski definition) is 2. The lowest BCUT2D eigenvalue weighted by Crippen LogP contribution is -2.36. The molecule has 0 fully saturated rings. The van der Waals surface area contributed by atoms with Gasteiger partial charge in [-0.1, -0.05) is 0 Å². The van der Waals surface area contributed by atoms with Crippen molar-refractivity contribution in [3.05, 3.63) is 29.6 Å². The van der Waals surface area contributed by atoms with Crippen LogP contribution in [0.4, 0.5) is 0 Å². The number of nitrogens with one attached hydrogen (secondary N) is 1. The first-order valence-corrected chi connectivity index (χ1v) is 7.89. The fraction of sp³-hybridized carbons (Fsp3) is 0.462. The Labute approximate surface area is 123 Å². The molecule has 0 unspecified atom stereocenters. The lowest BCUT2D eigenvalue weighted by molar-refractivity contribution is 0.0689. The molecule has 0 bridgehead atoms. The van der Waals surface area contributed by atoms with Gasteiger partial charge in [0.25, 0.3) is 5.91 Å². The van der Waals surface area contributed by atoms with Crippen LogP contribution in [0.15, 0.2) is 18.3 Å². The Morgan fingerprint density at radius 2 is 1.90 bits per heavy atom. The number of nitrogens with zero attached hydrogens (tertiary/aromatic N) is 1. The molecule has 0 aromatic carbocycles. The third kappa shape index (κ3) is 4.52. The molecule has 1 heterocycles. The summed E-state index contributed by atoms with van der Waals surface area (Å²) in [5.74, 6) is -1.84. The molecule has 0 saturated carbocycles. The Kier molecular flexibility index (Phi) is 5.06. The summed E-state index contributed by atoms with van der Waals surface area (Å²) in [6, 6.07) is 2.53. The van der Waals surface area contributed by atoms with E-state index in [0.29, 0.717) is 0 Å². The zero-order valence-corrected chi connectivity index (χ0v) is 12.9. The highest BCUT2D eigenvalue weighted by Gasteiger charge is 2.28. The minimum absolute atomic E-state index is 0.0148. The van der Waals surface area contributed by atoms with E-state index in [4.69, 9.17) is 5.11 Å². The molecular weight excluding hydrogens is 296 g/mol. The maximum Gasteiger partial charge on any atom is 0.354 e. The van der Waals surface area contributed by atoms with Crippen molar-refractivity contribution in [1.29, 1.82) is 0 Å². The number of carbonyl (C=O) groups is 2. The fourth-order valence-corrected chi connectivity index (χ4v) is 2.35. The van der Waals surface area contributed by atoms with Gasteiger partial charge in [0, 0.05) is 12.7 Å². The molecule has 2 N–H and O–H groups in total. The quantitative estimate of drug-likeness (QED) is 0.828. The zero-order chi connectivity index (χ0) is 16.3. The Balaban J connectivity index is 2.61. The third-order valence-corrected chi connectivity index (χ3v) is 5.44. The number of aromatic carboxylic acids is 1. The third-order valence-electron chi connectivity index (χ3n) is 2.83. The summed E-state index contributed by atoms with van der Waals surface area (Å²) in [7, 11) is -3.30. The SMILES string of the molecule is CC(C)(C)S(=O)(=O)CCNC(=O)c1ccc(C(=O)O)nc1. The van der Waals surface area contributed by atoms with Gasteiger partial charge in [-0.05, 0) is 32.9 Å². The topological polar surface area (TPSA) is 113 Å². The molecule has 21 heavy (non-hydrogen) atoms. The number of pyridine rings is 1. The van der Waals surface area contributed by atoms with E-state index in [1.807, 2.05) is 0 Å². The molecule has 1 rings (SSSR count). The molecule has 0 saturated heterocycles. The van der Waals surface area contributed by atoms with E-state index in [1.54, 1.807) is 20.8 Å². The second-order valence-corrected chi connectivity index (χ2v) is 8.29. The van der Waals surface area contributed by atoms with Crippen molar-refractivity contribution in [3.8, 4) is 0 Å². The van der Waals surface area contributed by atoms with E-state index >= 15 is 0 Å². The molecule has 7 nitrogen and oxygen atoms in total. The van der Waals surface area contributed by atoms with Crippen LogP contribution in [0, 0.1) is 0 Å². The molecule has 0 aliphatic heterocycles. The van der Waals surface area contributed by atoms with Gasteiger partial charge in [-0.3, -0.25) is 4.79 Å². The van der Waals surface area contributed by atoms with Crippen LogP contribution in [0.3, 0.4) is 0 Å². The van der Waals surface area contributed by atoms with Crippen molar-refractivity contribution in [3.63, 3.8) is 0 Å². The molecule has 0 atom stereocenters. The van der Waals surface area contributed by atoms with Crippen molar-refractivity contribution in [2.24, 2.45) is 0 Å². The lowest BCUT2D eigenvalue weighted by atomic mass is 10.2. The molecule has 0 spiro atoms. The van der Waals surface area contributed by atoms with E-state index in [1.165, 1.54) is 12.1 Å². The number of aromatic nitrogens is 1. The van der Waals surface area contributed by atoms with E-state index in [0.717, 1.165) is 6.20 Å². The summed E-state index contributed by atoms with van der Waals surface area (Å²) in [6.07, 6.45) is 1.14. The van der Waals surface area contributed by atoms with Crippen LogP contribution in [-0.2, 0) is 9.84 Å². The normalized spacial score (nSPS) is 12.0. The van der Waals surface area contributed by atoms with Crippen LogP contribution in [0.5, 0.6) is 0 Å². The zero-order valence-electron chi connectivity index (χ0n) is 12.1. The van der Waals surface area contributed by atoms with Crippen LogP contribution < -0.4 is 5.32 Å². The number of carbonyl (C=O) groups excluding carboxylic acids is 1. The Morgan fingerprint density at radius 3 is 2.33 bits per heavy atom. The average molecular weight is 314 g/mol. The van der Waals surface area contributed by atoms with Gasteiger partial charge >= 0.3 is 5.97 Å². The predicted octanol–water partition coefficient (Wildman–Crippen LogP) is 0.723. The first kappa shape index (κ1) is 17.1. The van der Waals surface area contributed by atoms with E-state index in [9.17, 15) is 18.0 Å². The van der Waals surface area contributed by atoms with Gasteiger partial charge in [0.1, 0.15) is 5.69 Å². The second-order valence-electron chi connectivity index (χ2n) is 5.42. The number of carboxylic acids is 1. The lowest BCUT2D eigenvalue weighted by Gasteiger charge is -2.19. The summed E-state index contributed by atoms with van der Waals surface area (Å²) in [5.41, 5.74) is 0.00927. The van der Waals surface area contributed by atoms with Crippen molar-refractivity contribution < 1.29 is 23.1 Å². The number of hydrogen-bond acceptors (Lipinski definition) is 5. The van der Waals surface area contributed by atoms with Crippen LogP contribution in [-0.4, -0.2) is 47.4 Å². The highest BCUT2D eigenvalue weighted by molar-refractivity contribution is 7.92. The van der Waals surface area contributed by atoms with Gasteiger partial charge in [-0.15, -0.1) is 0 Å². The van der Waals surface area contributed by atoms with E-state index in [-0.39, 0.29) is 23.6 Å². The smallest absolute Gasteiger partial charge is 0.354 e. The molecule has 116 valence electrons. The Hall–Kier alpha value is -1.96. The van der Waals surface area contributed by atoms with Gasteiger partial charge < -0.3 is 10.4 Å². The van der Waals surface area contributed by atoms with Crippen molar-refractivity contribution >= 4 is 21.7 Å². The molecule has 0 radical (unpaired) electrons. The molecule has 8 heteroatoms. The van der Waals surface area contributed by atoms with Gasteiger partial charge in [0.05, 0.1) is 16.1 Å². The van der Waals surface area contributed by atoms with Gasteiger partial charge in [0.2, 0.25) is 0 Å². The molecule has 1 aromatic heterocycles. The molecule has 0 aliphatic rings. The predicted molar refractivity (Wildman–Crippen MR) is 77.1 cm³/mol. The monoisotopic (exact) mass is 314 g/mol. The molecule has 0 aliphatic carbocycles. The van der Waals surface area contributed by atoms with Crippen LogP contribution in [0.25, 0.3) is 0 Å². The Bertz CT molecular complexity index is 630. The Morgan fingerprint density at radius 1 is 1.29 bits per heavy atom. The molecule has 1 aromatic rings. The summed E-state index contributed by atoms with van der Waals surface area (Å²) in [4.78, 5) is 26.0. The maximum absolute atomic E-state index is 11.9. The van der Waals surface area contributed by atoms with E-state index < -0.39 is 26.5 Å². The summed E-state index contributed by atoms with van der Waals surface area (Å²) in [6.45, 7) is 4.77. The average Bonchev–Trinajstić information content (AvgIpc) is 2.37. The summed E-state index contributed by atoms with van der Waals surface area (Å²) < 4.78 is 22.8. The van der Waals surface area contributed by atoms with E-state index in [2.05, 4.69) is 10.3 Å².